The van der Waals surface area contributed by atoms with Crippen molar-refractivity contribution < 1.29 is 4.79 Å². The number of carbonyl (C=O) groups excluding carboxylic acids is 1. The Morgan fingerprint density at radius 1 is 1.00 bits per heavy atom. The Kier molecular flexibility index (Phi) is 7.03. The van der Waals surface area contributed by atoms with E-state index in [1.54, 1.807) is 0 Å². The molecule has 30 heavy (non-hydrogen) atoms. The molecule has 0 spiro atoms. The third-order valence-electron chi connectivity index (χ3n) is 6.69. The van der Waals surface area contributed by atoms with Crippen LogP contribution in [0.2, 0.25) is 0 Å². The molecular weight excluding hydrogens is 372 g/mol. The van der Waals surface area contributed by atoms with Crippen LogP contribution in [0.3, 0.4) is 0 Å². The number of piperidine rings is 1. The van der Waals surface area contributed by atoms with Crippen molar-refractivity contribution >= 4 is 17.3 Å². The number of rotatable bonds is 6. The van der Waals surface area contributed by atoms with Gasteiger partial charge < -0.3 is 15.1 Å². The summed E-state index contributed by atoms with van der Waals surface area (Å²) in [5.41, 5.74) is 2.10. The highest BCUT2D eigenvalue weighted by Crippen LogP contribution is 2.25. The number of nitrogens with zero attached hydrogens (tertiary/aromatic N) is 3. The Morgan fingerprint density at radius 3 is 2.13 bits per heavy atom. The van der Waals surface area contributed by atoms with E-state index in [-0.39, 0.29) is 5.91 Å². The molecule has 5 nitrogen and oxygen atoms in total. The number of benzene rings is 2. The zero-order valence-corrected chi connectivity index (χ0v) is 18.0. The number of hydrogen-bond donors (Lipinski definition) is 1. The van der Waals surface area contributed by atoms with Crippen LogP contribution in [-0.4, -0.2) is 67.6 Å². The van der Waals surface area contributed by atoms with E-state index in [9.17, 15) is 4.79 Å². The van der Waals surface area contributed by atoms with Crippen molar-refractivity contribution in [3.05, 3.63) is 60.7 Å². The van der Waals surface area contributed by atoms with E-state index in [0.29, 0.717) is 12.6 Å². The van der Waals surface area contributed by atoms with Gasteiger partial charge in [-0.05, 0) is 63.0 Å². The molecule has 2 heterocycles. The second kappa shape index (κ2) is 10.1. The second-order valence-electron chi connectivity index (χ2n) is 8.52. The zero-order chi connectivity index (χ0) is 20.8. The van der Waals surface area contributed by atoms with E-state index in [1.165, 1.54) is 12.8 Å². The van der Waals surface area contributed by atoms with E-state index in [4.69, 9.17) is 0 Å². The van der Waals surface area contributed by atoms with Crippen LogP contribution in [0, 0.1) is 5.92 Å². The molecule has 2 atom stereocenters. The van der Waals surface area contributed by atoms with Crippen molar-refractivity contribution in [3.8, 4) is 0 Å². The molecule has 0 bridgehead atoms. The second-order valence-corrected chi connectivity index (χ2v) is 8.52. The predicted octanol–water partition coefficient (Wildman–Crippen LogP) is 3.36. The lowest BCUT2D eigenvalue weighted by atomic mass is 9.91. The number of nitrogens with one attached hydrogen (secondary N) is 1. The molecule has 0 saturated carbocycles. The molecule has 5 heteroatoms. The van der Waals surface area contributed by atoms with Gasteiger partial charge in [0.2, 0.25) is 5.91 Å². The van der Waals surface area contributed by atoms with Gasteiger partial charge in [0.05, 0.1) is 0 Å². The maximum Gasteiger partial charge on any atom is 0.242 e. The summed E-state index contributed by atoms with van der Waals surface area (Å²) in [5, 5.41) is 3.54. The summed E-state index contributed by atoms with van der Waals surface area (Å²) in [6.07, 6.45) is 2.60. The standard InChI is InChI=1S/C25H34N4O/c1-21(22-9-8-14-26-19-22)27-15-17-28(18-16-27)25(30)20-29(23-10-4-2-5-11-23)24-12-6-3-7-13-24/h2-7,10-13,21-22,26H,8-9,14-20H2,1H3. The summed E-state index contributed by atoms with van der Waals surface area (Å²) in [7, 11) is 0. The van der Waals surface area contributed by atoms with Crippen LogP contribution in [0.1, 0.15) is 19.8 Å². The molecule has 1 N–H and O–H groups in total. The van der Waals surface area contributed by atoms with Gasteiger partial charge >= 0.3 is 0 Å². The Balaban J connectivity index is 1.37. The van der Waals surface area contributed by atoms with Gasteiger partial charge in [0.15, 0.2) is 0 Å². The number of para-hydroxylation sites is 2. The summed E-state index contributed by atoms with van der Waals surface area (Å²) in [4.78, 5) is 19.9. The van der Waals surface area contributed by atoms with Crippen molar-refractivity contribution in [2.75, 3.05) is 50.7 Å². The summed E-state index contributed by atoms with van der Waals surface area (Å²) < 4.78 is 0. The molecule has 2 aliphatic rings. The fourth-order valence-corrected chi connectivity index (χ4v) is 4.75. The monoisotopic (exact) mass is 406 g/mol. The van der Waals surface area contributed by atoms with E-state index < -0.39 is 0 Å². The minimum absolute atomic E-state index is 0.203. The Bertz CT molecular complexity index is 744. The van der Waals surface area contributed by atoms with E-state index >= 15 is 0 Å². The van der Waals surface area contributed by atoms with Crippen LogP contribution >= 0.6 is 0 Å². The number of piperazine rings is 1. The van der Waals surface area contributed by atoms with Gasteiger partial charge in [-0.3, -0.25) is 9.69 Å². The highest BCUT2D eigenvalue weighted by atomic mass is 16.2. The highest BCUT2D eigenvalue weighted by molar-refractivity contribution is 5.84. The number of carbonyl (C=O) groups is 1. The molecule has 2 fully saturated rings. The number of hydrogen-bond acceptors (Lipinski definition) is 4. The van der Waals surface area contributed by atoms with Crippen LogP contribution in [-0.2, 0) is 4.79 Å². The van der Waals surface area contributed by atoms with Crippen LogP contribution in [0.15, 0.2) is 60.7 Å². The molecule has 160 valence electrons. The number of amides is 1. The first-order chi connectivity index (χ1) is 14.7. The molecular formula is C25H34N4O. The first kappa shape index (κ1) is 20.9. The fourth-order valence-electron chi connectivity index (χ4n) is 4.75. The molecule has 0 aromatic heterocycles. The quantitative estimate of drug-likeness (QED) is 0.799. The van der Waals surface area contributed by atoms with Gasteiger partial charge in [0.1, 0.15) is 6.54 Å². The van der Waals surface area contributed by atoms with Crippen molar-refractivity contribution in [1.29, 1.82) is 0 Å². The Hall–Kier alpha value is -2.37. The molecule has 2 unspecified atom stereocenters. The predicted molar refractivity (Wildman–Crippen MR) is 123 cm³/mol. The average Bonchev–Trinajstić information content (AvgIpc) is 2.83. The van der Waals surface area contributed by atoms with E-state index in [2.05, 4.69) is 46.3 Å². The average molecular weight is 407 g/mol. The Labute approximate surface area is 180 Å². The van der Waals surface area contributed by atoms with Crippen molar-refractivity contribution in [2.24, 2.45) is 5.92 Å². The summed E-state index contributed by atoms with van der Waals surface area (Å²) in [5.74, 6) is 0.932. The molecule has 2 aromatic rings. The summed E-state index contributed by atoms with van der Waals surface area (Å²) >= 11 is 0. The molecule has 4 rings (SSSR count). The third kappa shape index (κ3) is 5.02. The normalized spacial score (nSPS) is 21.2. The molecule has 2 saturated heterocycles. The van der Waals surface area contributed by atoms with Crippen molar-refractivity contribution in [2.45, 2.75) is 25.8 Å². The van der Waals surface area contributed by atoms with Gasteiger partial charge in [0.25, 0.3) is 0 Å². The summed E-state index contributed by atoms with van der Waals surface area (Å²) in [6.45, 7) is 8.60. The van der Waals surface area contributed by atoms with Gasteiger partial charge in [-0.1, -0.05) is 36.4 Å². The third-order valence-corrected chi connectivity index (χ3v) is 6.69. The maximum absolute atomic E-state index is 13.2. The summed E-state index contributed by atoms with van der Waals surface area (Å²) in [6, 6.07) is 21.0. The van der Waals surface area contributed by atoms with Crippen LogP contribution in [0.4, 0.5) is 11.4 Å². The van der Waals surface area contributed by atoms with Crippen LogP contribution in [0.5, 0.6) is 0 Å². The highest BCUT2D eigenvalue weighted by Gasteiger charge is 2.29. The minimum Gasteiger partial charge on any atom is -0.339 e. The van der Waals surface area contributed by atoms with E-state index in [0.717, 1.165) is 56.6 Å². The molecule has 2 aromatic carbocycles. The fraction of sp³-hybridized carbons (Fsp3) is 0.480. The topological polar surface area (TPSA) is 38.8 Å². The molecule has 2 aliphatic heterocycles. The first-order valence-corrected chi connectivity index (χ1v) is 11.3. The van der Waals surface area contributed by atoms with Gasteiger partial charge in [0, 0.05) is 43.6 Å². The van der Waals surface area contributed by atoms with Crippen LogP contribution in [0.25, 0.3) is 0 Å². The lowest BCUT2D eigenvalue weighted by Gasteiger charge is -2.42. The maximum atomic E-state index is 13.2. The smallest absolute Gasteiger partial charge is 0.242 e. The van der Waals surface area contributed by atoms with Crippen LogP contribution < -0.4 is 10.2 Å². The largest absolute Gasteiger partial charge is 0.339 e. The van der Waals surface area contributed by atoms with E-state index in [1.807, 2.05) is 41.3 Å². The molecule has 0 radical (unpaired) electrons. The SMILES string of the molecule is CC(C1CCCNC1)N1CCN(C(=O)CN(c2ccccc2)c2ccccc2)CC1. The van der Waals surface area contributed by atoms with Crippen molar-refractivity contribution in [3.63, 3.8) is 0 Å². The zero-order valence-electron chi connectivity index (χ0n) is 18.0. The van der Waals surface area contributed by atoms with Gasteiger partial charge in [-0.2, -0.15) is 0 Å². The lowest BCUT2D eigenvalue weighted by Crippen LogP contribution is -2.55. The molecule has 1 amide bonds. The number of anilines is 2. The minimum atomic E-state index is 0.203. The van der Waals surface area contributed by atoms with Gasteiger partial charge in [-0.15, -0.1) is 0 Å². The lowest BCUT2D eigenvalue weighted by molar-refractivity contribution is -0.131. The van der Waals surface area contributed by atoms with Crippen molar-refractivity contribution in [1.82, 2.24) is 15.1 Å². The Morgan fingerprint density at radius 2 is 1.60 bits per heavy atom. The molecule has 0 aliphatic carbocycles. The first-order valence-electron chi connectivity index (χ1n) is 11.3. The van der Waals surface area contributed by atoms with Gasteiger partial charge in [-0.25, -0.2) is 0 Å².